The van der Waals surface area contributed by atoms with E-state index in [0.717, 1.165) is 5.56 Å². The number of nitrogens with zero attached hydrogens (tertiary/aromatic N) is 5. The van der Waals surface area contributed by atoms with Gasteiger partial charge in [-0.25, -0.2) is 15.0 Å². The number of amides is 1. The van der Waals surface area contributed by atoms with E-state index in [-0.39, 0.29) is 5.91 Å². The minimum absolute atomic E-state index is 0.140. The molecule has 1 aliphatic heterocycles. The minimum Gasteiger partial charge on any atom is -0.306 e. The second-order valence-corrected chi connectivity index (χ2v) is 6.34. The Kier molecular flexibility index (Phi) is 3.46. The molecule has 0 bridgehead atoms. The molecule has 0 aliphatic carbocycles. The monoisotopic (exact) mass is 359 g/mol. The molecule has 0 radical (unpaired) electrons. The first-order valence-electron chi connectivity index (χ1n) is 8.56. The Morgan fingerprint density at radius 1 is 1.07 bits per heavy atom. The van der Waals surface area contributed by atoms with Crippen molar-refractivity contribution < 1.29 is 9.18 Å². The van der Waals surface area contributed by atoms with Crippen LogP contribution in [0.4, 0.5) is 10.2 Å². The lowest BCUT2D eigenvalue weighted by atomic mass is 10.1. The van der Waals surface area contributed by atoms with E-state index in [0.29, 0.717) is 41.1 Å². The number of pyridine rings is 3. The van der Waals surface area contributed by atoms with E-state index in [1.165, 1.54) is 6.20 Å². The Hall–Kier alpha value is -3.61. The van der Waals surface area contributed by atoms with Gasteiger partial charge in [0.1, 0.15) is 11.5 Å². The number of halogens is 1. The van der Waals surface area contributed by atoms with Crippen LogP contribution in [0.2, 0.25) is 0 Å². The standard InChI is InChI=1S/C20H14FN5O/c21-17-15(3-1-6-22-17)14-11-13-5-9-26(18(13)24-12-14)20(27)16-4-2-8-25-10-7-23-19(16)25/h1-4,6-8,10-12H,5,9H2. The Morgan fingerprint density at radius 3 is 2.89 bits per heavy atom. The molecule has 0 N–H and O–H groups in total. The number of carbonyl (C=O) groups is 1. The minimum atomic E-state index is -0.531. The lowest BCUT2D eigenvalue weighted by molar-refractivity contribution is 0.0990. The van der Waals surface area contributed by atoms with Crippen molar-refractivity contribution in [2.75, 3.05) is 11.4 Å². The molecule has 0 unspecified atom stereocenters. The smallest absolute Gasteiger partial charge is 0.263 e. The van der Waals surface area contributed by atoms with Gasteiger partial charge in [-0.2, -0.15) is 4.39 Å². The summed E-state index contributed by atoms with van der Waals surface area (Å²) in [5.41, 5.74) is 3.12. The zero-order valence-electron chi connectivity index (χ0n) is 14.2. The first-order chi connectivity index (χ1) is 13.2. The highest BCUT2D eigenvalue weighted by molar-refractivity contribution is 6.10. The van der Waals surface area contributed by atoms with Gasteiger partial charge in [0.25, 0.3) is 5.91 Å². The third-order valence-corrected chi connectivity index (χ3v) is 4.77. The third kappa shape index (κ3) is 2.47. The zero-order valence-corrected chi connectivity index (χ0v) is 14.2. The van der Waals surface area contributed by atoms with Gasteiger partial charge < -0.3 is 4.40 Å². The molecule has 0 aromatic carbocycles. The SMILES string of the molecule is O=C(c1cccn2ccnc12)N1CCc2cc(-c3cccnc3F)cnc21. The number of carbonyl (C=O) groups excluding carboxylic acids is 1. The highest BCUT2D eigenvalue weighted by Gasteiger charge is 2.29. The number of hydrogen-bond donors (Lipinski definition) is 0. The Labute approximate surface area is 153 Å². The molecule has 0 spiro atoms. The molecule has 0 saturated carbocycles. The van der Waals surface area contributed by atoms with Gasteiger partial charge in [-0.3, -0.25) is 9.69 Å². The van der Waals surface area contributed by atoms with Gasteiger partial charge in [-0.15, -0.1) is 0 Å². The maximum atomic E-state index is 14.0. The molecule has 1 amide bonds. The number of aromatic nitrogens is 4. The molecule has 0 fully saturated rings. The van der Waals surface area contributed by atoms with Gasteiger partial charge >= 0.3 is 0 Å². The summed E-state index contributed by atoms with van der Waals surface area (Å²) >= 11 is 0. The van der Waals surface area contributed by atoms with E-state index in [2.05, 4.69) is 15.0 Å². The van der Waals surface area contributed by atoms with Crippen LogP contribution in [0.3, 0.4) is 0 Å². The average molecular weight is 359 g/mol. The summed E-state index contributed by atoms with van der Waals surface area (Å²) in [6, 6.07) is 8.82. The number of anilines is 1. The molecule has 7 heteroatoms. The molecular formula is C20H14FN5O. The summed E-state index contributed by atoms with van der Waals surface area (Å²) in [6.45, 7) is 0.530. The molecular weight excluding hydrogens is 345 g/mol. The lowest BCUT2D eigenvalue weighted by Gasteiger charge is -2.17. The van der Waals surface area contributed by atoms with Crippen molar-refractivity contribution in [1.82, 2.24) is 19.4 Å². The summed E-state index contributed by atoms with van der Waals surface area (Å²) in [4.78, 5) is 27.2. The molecule has 4 aromatic rings. The summed E-state index contributed by atoms with van der Waals surface area (Å²) in [6.07, 6.45) is 8.98. The van der Waals surface area contributed by atoms with Crippen molar-refractivity contribution in [3.8, 4) is 11.1 Å². The number of fused-ring (bicyclic) bond motifs is 2. The van der Waals surface area contributed by atoms with Crippen molar-refractivity contribution in [3.05, 3.63) is 78.4 Å². The van der Waals surface area contributed by atoms with Crippen molar-refractivity contribution in [3.63, 3.8) is 0 Å². The summed E-state index contributed by atoms with van der Waals surface area (Å²) in [7, 11) is 0. The van der Waals surface area contributed by atoms with Crippen LogP contribution >= 0.6 is 0 Å². The van der Waals surface area contributed by atoms with Gasteiger partial charge in [0, 0.05) is 48.7 Å². The van der Waals surface area contributed by atoms with Crippen LogP contribution in [0.5, 0.6) is 0 Å². The van der Waals surface area contributed by atoms with E-state index in [1.807, 2.05) is 22.7 Å². The van der Waals surface area contributed by atoms with Crippen molar-refractivity contribution in [2.45, 2.75) is 6.42 Å². The van der Waals surface area contributed by atoms with Gasteiger partial charge in [0.15, 0.2) is 0 Å². The number of hydrogen-bond acceptors (Lipinski definition) is 4. The lowest BCUT2D eigenvalue weighted by Crippen LogP contribution is -2.30. The molecule has 132 valence electrons. The van der Waals surface area contributed by atoms with Gasteiger partial charge in [0.2, 0.25) is 5.95 Å². The van der Waals surface area contributed by atoms with Crippen molar-refractivity contribution in [2.24, 2.45) is 0 Å². The molecule has 27 heavy (non-hydrogen) atoms. The summed E-state index contributed by atoms with van der Waals surface area (Å²) in [5.74, 6) is -0.0591. The van der Waals surface area contributed by atoms with Crippen LogP contribution in [0.25, 0.3) is 16.8 Å². The quantitative estimate of drug-likeness (QED) is 0.516. The fraction of sp³-hybridized carbons (Fsp3) is 0.100. The predicted octanol–water partition coefficient (Wildman–Crippen LogP) is 3.13. The topological polar surface area (TPSA) is 63.4 Å². The van der Waals surface area contributed by atoms with E-state index in [1.54, 1.807) is 41.7 Å². The molecule has 1 aliphatic rings. The van der Waals surface area contributed by atoms with Crippen molar-refractivity contribution >= 4 is 17.4 Å². The van der Waals surface area contributed by atoms with E-state index in [9.17, 15) is 9.18 Å². The fourth-order valence-electron chi connectivity index (χ4n) is 3.48. The maximum absolute atomic E-state index is 14.0. The largest absolute Gasteiger partial charge is 0.306 e. The molecule has 5 heterocycles. The summed E-state index contributed by atoms with van der Waals surface area (Å²) in [5, 5.41) is 0. The van der Waals surface area contributed by atoms with Gasteiger partial charge in [-0.1, -0.05) is 0 Å². The Morgan fingerprint density at radius 2 is 2.00 bits per heavy atom. The van der Waals surface area contributed by atoms with Crippen LogP contribution in [-0.2, 0) is 6.42 Å². The molecule has 4 aromatic heterocycles. The predicted molar refractivity (Wildman–Crippen MR) is 98.0 cm³/mol. The van der Waals surface area contributed by atoms with Gasteiger partial charge in [0.05, 0.1) is 5.56 Å². The normalized spacial score (nSPS) is 13.1. The third-order valence-electron chi connectivity index (χ3n) is 4.77. The summed E-state index contributed by atoms with van der Waals surface area (Å²) < 4.78 is 15.8. The second-order valence-electron chi connectivity index (χ2n) is 6.34. The van der Waals surface area contributed by atoms with Crippen LogP contribution in [0.15, 0.2) is 61.3 Å². The van der Waals surface area contributed by atoms with Crippen molar-refractivity contribution in [1.29, 1.82) is 0 Å². The van der Waals surface area contributed by atoms with E-state index < -0.39 is 5.95 Å². The van der Waals surface area contributed by atoms with Crippen LogP contribution in [0.1, 0.15) is 15.9 Å². The van der Waals surface area contributed by atoms with Crippen LogP contribution < -0.4 is 4.90 Å². The Bertz CT molecular complexity index is 1190. The maximum Gasteiger partial charge on any atom is 0.263 e. The highest BCUT2D eigenvalue weighted by Crippen LogP contribution is 2.31. The fourth-order valence-corrected chi connectivity index (χ4v) is 3.48. The highest BCUT2D eigenvalue weighted by atomic mass is 19.1. The van der Waals surface area contributed by atoms with Crippen LogP contribution in [0, 0.1) is 5.95 Å². The van der Waals surface area contributed by atoms with E-state index >= 15 is 0 Å². The molecule has 5 rings (SSSR count). The number of rotatable bonds is 2. The molecule has 0 saturated heterocycles. The first-order valence-corrected chi connectivity index (χ1v) is 8.56. The van der Waals surface area contributed by atoms with Gasteiger partial charge in [-0.05, 0) is 42.3 Å². The van der Waals surface area contributed by atoms with Crippen LogP contribution in [-0.4, -0.2) is 31.8 Å². The average Bonchev–Trinajstić information content (AvgIpc) is 3.34. The van der Waals surface area contributed by atoms with E-state index in [4.69, 9.17) is 0 Å². The zero-order chi connectivity index (χ0) is 18.4. The number of imidazole rings is 1. The molecule has 0 atom stereocenters. The Balaban J connectivity index is 1.53. The second kappa shape index (κ2) is 5.98. The first kappa shape index (κ1) is 15.6. The molecule has 6 nitrogen and oxygen atoms in total.